The largest absolute Gasteiger partial charge is 0.264 e. The van der Waals surface area contributed by atoms with Gasteiger partial charge < -0.3 is 0 Å². The minimum absolute atomic E-state index is 0.158. The van der Waals surface area contributed by atoms with Crippen molar-refractivity contribution in [3.05, 3.63) is 59.5 Å². The third-order valence-electron chi connectivity index (χ3n) is 3.32. The lowest BCUT2D eigenvalue weighted by Gasteiger charge is -2.16. The molecule has 1 atom stereocenters. The van der Waals surface area contributed by atoms with Gasteiger partial charge in [-0.2, -0.15) is 5.10 Å². The first-order valence-corrected chi connectivity index (χ1v) is 6.71. The SMILES string of the molecule is CCC(c1cccnc1)n1nc(Cl)c2ccccc21. The van der Waals surface area contributed by atoms with Crippen LogP contribution >= 0.6 is 11.6 Å². The zero-order chi connectivity index (χ0) is 13.2. The number of halogens is 1. The van der Waals surface area contributed by atoms with E-state index in [9.17, 15) is 0 Å². The average molecular weight is 272 g/mol. The molecule has 96 valence electrons. The van der Waals surface area contributed by atoms with Crippen molar-refractivity contribution in [3.8, 4) is 0 Å². The summed E-state index contributed by atoms with van der Waals surface area (Å²) in [6.45, 7) is 2.14. The van der Waals surface area contributed by atoms with Gasteiger partial charge in [0.25, 0.3) is 0 Å². The van der Waals surface area contributed by atoms with Gasteiger partial charge in [-0.25, -0.2) is 0 Å². The number of fused-ring (bicyclic) bond motifs is 1. The molecule has 19 heavy (non-hydrogen) atoms. The molecule has 0 fully saturated rings. The fraction of sp³-hybridized carbons (Fsp3) is 0.200. The van der Waals surface area contributed by atoms with Gasteiger partial charge in [-0.15, -0.1) is 0 Å². The van der Waals surface area contributed by atoms with E-state index in [1.54, 1.807) is 6.20 Å². The number of pyridine rings is 1. The van der Waals surface area contributed by atoms with E-state index in [1.807, 2.05) is 41.2 Å². The van der Waals surface area contributed by atoms with Crippen molar-refractivity contribution in [2.24, 2.45) is 0 Å². The molecular formula is C15H14ClN3. The van der Waals surface area contributed by atoms with E-state index < -0.39 is 0 Å². The van der Waals surface area contributed by atoms with Crippen LogP contribution in [-0.2, 0) is 0 Å². The van der Waals surface area contributed by atoms with Crippen LogP contribution in [0.5, 0.6) is 0 Å². The van der Waals surface area contributed by atoms with Crippen LogP contribution in [0.2, 0.25) is 5.15 Å². The van der Waals surface area contributed by atoms with E-state index in [-0.39, 0.29) is 6.04 Å². The molecule has 3 aromatic rings. The lowest BCUT2D eigenvalue weighted by molar-refractivity contribution is 0.524. The fourth-order valence-electron chi connectivity index (χ4n) is 2.41. The second kappa shape index (κ2) is 5.02. The molecule has 0 aliphatic rings. The van der Waals surface area contributed by atoms with Crippen LogP contribution in [0.1, 0.15) is 24.9 Å². The molecule has 0 saturated heterocycles. The van der Waals surface area contributed by atoms with Gasteiger partial charge in [0.15, 0.2) is 5.15 Å². The van der Waals surface area contributed by atoms with Crippen LogP contribution in [0.15, 0.2) is 48.8 Å². The van der Waals surface area contributed by atoms with Gasteiger partial charge in [-0.05, 0) is 30.2 Å². The van der Waals surface area contributed by atoms with Crippen LogP contribution in [0, 0.1) is 0 Å². The van der Waals surface area contributed by atoms with Gasteiger partial charge in [0.1, 0.15) is 0 Å². The summed E-state index contributed by atoms with van der Waals surface area (Å²) < 4.78 is 1.99. The minimum atomic E-state index is 0.158. The molecule has 0 spiro atoms. The molecule has 0 saturated carbocycles. The Morgan fingerprint density at radius 1 is 1.21 bits per heavy atom. The molecule has 0 N–H and O–H groups in total. The van der Waals surface area contributed by atoms with Gasteiger partial charge in [0, 0.05) is 17.8 Å². The highest BCUT2D eigenvalue weighted by molar-refractivity contribution is 6.34. The molecule has 3 nitrogen and oxygen atoms in total. The van der Waals surface area contributed by atoms with E-state index >= 15 is 0 Å². The Morgan fingerprint density at radius 3 is 2.79 bits per heavy atom. The Balaban J connectivity index is 2.17. The summed E-state index contributed by atoms with van der Waals surface area (Å²) in [5.41, 5.74) is 2.21. The summed E-state index contributed by atoms with van der Waals surface area (Å²) in [5.74, 6) is 0. The van der Waals surface area contributed by atoms with Crippen LogP contribution in [0.3, 0.4) is 0 Å². The second-order valence-electron chi connectivity index (χ2n) is 4.46. The van der Waals surface area contributed by atoms with Crippen molar-refractivity contribution in [1.82, 2.24) is 14.8 Å². The topological polar surface area (TPSA) is 30.7 Å². The second-order valence-corrected chi connectivity index (χ2v) is 4.82. The van der Waals surface area contributed by atoms with Crippen molar-refractivity contribution in [1.29, 1.82) is 0 Å². The number of rotatable bonds is 3. The third kappa shape index (κ3) is 2.10. The number of benzene rings is 1. The Hall–Kier alpha value is -1.87. The molecule has 0 aliphatic carbocycles. The summed E-state index contributed by atoms with van der Waals surface area (Å²) in [5, 5.41) is 6.04. The fourth-order valence-corrected chi connectivity index (χ4v) is 2.65. The van der Waals surface area contributed by atoms with E-state index in [2.05, 4.69) is 23.1 Å². The standard InChI is InChI=1S/C15H14ClN3/c1-2-13(11-6-5-9-17-10-11)19-14-8-4-3-7-12(14)15(16)18-19/h3-10,13H,2H2,1H3. The molecule has 4 heteroatoms. The molecule has 0 aliphatic heterocycles. The molecule has 0 amide bonds. The summed E-state index contributed by atoms with van der Waals surface area (Å²) in [6.07, 6.45) is 4.61. The Bertz CT molecular complexity index is 691. The minimum Gasteiger partial charge on any atom is -0.264 e. The Morgan fingerprint density at radius 2 is 2.05 bits per heavy atom. The molecule has 1 aromatic carbocycles. The summed E-state index contributed by atoms with van der Waals surface area (Å²) in [7, 11) is 0. The van der Waals surface area contributed by atoms with E-state index in [1.165, 1.54) is 0 Å². The number of para-hydroxylation sites is 1. The highest BCUT2D eigenvalue weighted by Gasteiger charge is 2.17. The van der Waals surface area contributed by atoms with Crippen molar-refractivity contribution in [3.63, 3.8) is 0 Å². The predicted molar refractivity (Wildman–Crippen MR) is 77.4 cm³/mol. The number of nitrogens with zero attached hydrogens (tertiary/aromatic N) is 3. The van der Waals surface area contributed by atoms with Crippen molar-refractivity contribution in [2.45, 2.75) is 19.4 Å². The van der Waals surface area contributed by atoms with Gasteiger partial charge in [-0.3, -0.25) is 9.67 Å². The first kappa shape index (κ1) is 12.2. The van der Waals surface area contributed by atoms with Crippen LogP contribution in [0.25, 0.3) is 10.9 Å². The lowest BCUT2D eigenvalue weighted by atomic mass is 10.1. The van der Waals surface area contributed by atoms with Gasteiger partial charge >= 0.3 is 0 Å². The Labute approximate surface area is 116 Å². The maximum atomic E-state index is 6.22. The summed E-state index contributed by atoms with van der Waals surface area (Å²) in [4.78, 5) is 4.19. The van der Waals surface area contributed by atoms with Gasteiger partial charge in [0.2, 0.25) is 0 Å². The zero-order valence-corrected chi connectivity index (χ0v) is 11.4. The van der Waals surface area contributed by atoms with Gasteiger partial charge in [0.05, 0.1) is 11.6 Å². The highest BCUT2D eigenvalue weighted by atomic mass is 35.5. The third-order valence-corrected chi connectivity index (χ3v) is 3.60. The van der Waals surface area contributed by atoms with E-state index in [4.69, 9.17) is 11.6 Å². The maximum absolute atomic E-state index is 6.22. The average Bonchev–Trinajstić information content (AvgIpc) is 2.79. The van der Waals surface area contributed by atoms with Gasteiger partial charge in [-0.1, -0.05) is 36.7 Å². The lowest BCUT2D eigenvalue weighted by Crippen LogP contribution is -2.11. The summed E-state index contributed by atoms with van der Waals surface area (Å²) in [6, 6.07) is 12.2. The predicted octanol–water partition coefficient (Wildman–Crippen LogP) is 4.08. The molecular weight excluding hydrogens is 258 g/mol. The number of aromatic nitrogens is 3. The smallest absolute Gasteiger partial charge is 0.158 e. The van der Waals surface area contributed by atoms with Crippen LogP contribution in [-0.4, -0.2) is 14.8 Å². The van der Waals surface area contributed by atoms with E-state index in [0.717, 1.165) is 22.9 Å². The first-order chi connectivity index (χ1) is 9.31. The maximum Gasteiger partial charge on any atom is 0.158 e. The van der Waals surface area contributed by atoms with Crippen LogP contribution in [0.4, 0.5) is 0 Å². The zero-order valence-electron chi connectivity index (χ0n) is 10.6. The monoisotopic (exact) mass is 271 g/mol. The molecule has 0 bridgehead atoms. The Kier molecular flexibility index (Phi) is 3.22. The molecule has 0 radical (unpaired) electrons. The molecule has 3 rings (SSSR count). The quantitative estimate of drug-likeness (QED) is 0.718. The first-order valence-electron chi connectivity index (χ1n) is 6.34. The molecule has 2 heterocycles. The number of hydrogen-bond donors (Lipinski definition) is 0. The van der Waals surface area contributed by atoms with Crippen LogP contribution < -0.4 is 0 Å². The molecule has 1 unspecified atom stereocenters. The summed E-state index contributed by atoms with van der Waals surface area (Å²) >= 11 is 6.22. The van der Waals surface area contributed by atoms with Crippen molar-refractivity contribution in [2.75, 3.05) is 0 Å². The van der Waals surface area contributed by atoms with E-state index in [0.29, 0.717) is 5.15 Å². The number of hydrogen-bond acceptors (Lipinski definition) is 2. The van der Waals surface area contributed by atoms with Crippen molar-refractivity contribution < 1.29 is 0 Å². The highest BCUT2D eigenvalue weighted by Crippen LogP contribution is 2.29. The molecule has 2 aromatic heterocycles. The van der Waals surface area contributed by atoms with Crippen molar-refractivity contribution >= 4 is 22.5 Å². The normalized spacial score (nSPS) is 12.7.